The zero-order valence-electron chi connectivity index (χ0n) is 10.7. The van der Waals surface area contributed by atoms with Crippen molar-refractivity contribution >= 4 is 5.97 Å². The van der Waals surface area contributed by atoms with Gasteiger partial charge in [-0.2, -0.15) is 0 Å². The molecule has 100 valence electrons. The van der Waals surface area contributed by atoms with Crippen molar-refractivity contribution in [2.45, 2.75) is 45.1 Å². The van der Waals surface area contributed by atoms with E-state index in [1.807, 2.05) is 13.0 Å². The molecular formula is C13H20N2O3. The van der Waals surface area contributed by atoms with Crippen LogP contribution in [0.15, 0.2) is 10.6 Å². The molecule has 0 saturated carbocycles. The lowest BCUT2D eigenvalue weighted by atomic mass is 9.88. The molecule has 2 N–H and O–H groups in total. The molecule has 1 saturated heterocycles. The van der Waals surface area contributed by atoms with Crippen LogP contribution >= 0.6 is 0 Å². The summed E-state index contributed by atoms with van der Waals surface area (Å²) in [5.74, 6) is 0.641. The summed E-state index contributed by atoms with van der Waals surface area (Å²) >= 11 is 0. The maximum Gasteiger partial charge on any atom is 0.320 e. The number of aliphatic carboxylic acids is 1. The van der Waals surface area contributed by atoms with Gasteiger partial charge in [-0.15, -0.1) is 0 Å². The van der Waals surface area contributed by atoms with Gasteiger partial charge in [0, 0.05) is 12.5 Å². The van der Waals surface area contributed by atoms with Gasteiger partial charge in [-0.05, 0) is 38.1 Å². The summed E-state index contributed by atoms with van der Waals surface area (Å²) in [5.41, 5.74) is 0.984. The minimum Gasteiger partial charge on any atom is -0.480 e. The van der Waals surface area contributed by atoms with Crippen LogP contribution in [0.25, 0.3) is 0 Å². The van der Waals surface area contributed by atoms with Crippen molar-refractivity contribution in [2.24, 2.45) is 5.92 Å². The predicted molar refractivity (Wildman–Crippen MR) is 66.4 cm³/mol. The van der Waals surface area contributed by atoms with E-state index in [1.54, 1.807) is 0 Å². The van der Waals surface area contributed by atoms with E-state index in [0.29, 0.717) is 12.3 Å². The fraction of sp³-hybridized carbons (Fsp3) is 0.692. The molecule has 1 aromatic rings. The van der Waals surface area contributed by atoms with Crippen LogP contribution < -0.4 is 5.32 Å². The number of hydrogen-bond acceptors (Lipinski definition) is 4. The van der Waals surface area contributed by atoms with Gasteiger partial charge in [0.1, 0.15) is 11.8 Å². The minimum absolute atomic E-state index is 0.382. The molecule has 0 amide bonds. The lowest BCUT2D eigenvalue weighted by Gasteiger charge is -2.27. The first-order valence-electron chi connectivity index (χ1n) is 6.59. The Balaban J connectivity index is 1.80. The highest BCUT2D eigenvalue weighted by Gasteiger charge is 2.26. The van der Waals surface area contributed by atoms with Gasteiger partial charge in [0.2, 0.25) is 0 Å². The van der Waals surface area contributed by atoms with Crippen molar-refractivity contribution in [1.29, 1.82) is 0 Å². The van der Waals surface area contributed by atoms with E-state index in [1.165, 1.54) is 0 Å². The lowest BCUT2D eigenvalue weighted by molar-refractivity contribution is -0.140. The summed E-state index contributed by atoms with van der Waals surface area (Å²) in [6, 6.07) is 1.61. The molecule has 2 heterocycles. The number of carboxylic acid groups (broad SMARTS) is 1. The number of aromatic nitrogens is 1. The Bertz CT molecular complexity index is 403. The molecule has 1 aromatic heterocycles. The third-order valence-electron chi connectivity index (χ3n) is 3.58. The Morgan fingerprint density at radius 3 is 3.17 bits per heavy atom. The highest BCUT2D eigenvalue weighted by Crippen LogP contribution is 2.22. The van der Waals surface area contributed by atoms with E-state index in [-0.39, 0.29) is 6.04 Å². The minimum atomic E-state index is -0.741. The van der Waals surface area contributed by atoms with E-state index in [0.717, 1.165) is 43.7 Å². The molecular weight excluding hydrogens is 232 g/mol. The zero-order chi connectivity index (χ0) is 13.0. The smallest absolute Gasteiger partial charge is 0.320 e. The van der Waals surface area contributed by atoms with Crippen LogP contribution in [0.1, 0.15) is 37.6 Å². The van der Waals surface area contributed by atoms with Crippen molar-refractivity contribution in [3.8, 4) is 0 Å². The highest BCUT2D eigenvalue weighted by molar-refractivity contribution is 5.73. The maximum absolute atomic E-state index is 10.9. The molecule has 1 aliphatic heterocycles. The fourth-order valence-corrected chi connectivity index (χ4v) is 2.44. The summed E-state index contributed by atoms with van der Waals surface area (Å²) in [4.78, 5) is 10.9. The van der Waals surface area contributed by atoms with Gasteiger partial charge in [-0.1, -0.05) is 12.1 Å². The average molecular weight is 252 g/mol. The Morgan fingerprint density at radius 1 is 1.67 bits per heavy atom. The van der Waals surface area contributed by atoms with E-state index in [9.17, 15) is 4.79 Å². The summed E-state index contributed by atoms with van der Waals surface area (Å²) < 4.78 is 5.16. The molecule has 2 rings (SSSR count). The third kappa shape index (κ3) is 3.32. The summed E-state index contributed by atoms with van der Waals surface area (Å²) in [7, 11) is 0. The van der Waals surface area contributed by atoms with Crippen LogP contribution in [0.5, 0.6) is 0 Å². The molecule has 1 fully saturated rings. The number of nitrogens with one attached hydrogen (secondary N) is 1. The van der Waals surface area contributed by atoms with Crippen molar-refractivity contribution in [1.82, 2.24) is 10.5 Å². The summed E-state index contributed by atoms with van der Waals surface area (Å²) in [6.45, 7) is 2.83. The third-order valence-corrected chi connectivity index (χ3v) is 3.58. The van der Waals surface area contributed by atoms with Crippen molar-refractivity contribution in [3.05, 3.63) is 17.5 Å². The van der Waals surface area contributed by atoms with Crippen LogP contribution in [-0.4, -0.2) is 28.8 Å². The van der Waals surface area contributed by atoms with Crippen LogP contribution in [0.4, 0.5) is 0 Å². The Hall–Kier alpha value is -1.36. The van der Waals surface area contributed by atoms with Crippen LogP contribution in [0, 0.1) is 5.92 Å². The fourth-order valence-electron chi connectivity index (χ4n) is 2.44. The average Bonchev–Trinajstić information content (AvgIpc) is 2.84. The molecule has 0 bridgehead atoms. The molecule has 0 radical (unpaired) electrons. The molecule has 1 aliphatic rings. The quantitative estimate of drug-likeness (QED) is 0.833. The molecule has 5 nitrogen and oxygen atoms in total. The second kappa shape index (κ2) is 6.00. The second-order valence-corrected chi connectivity index (χ2v) is 4.91. The maximum atomic E-state index is 10.9. The summed E-state index contributed by atoms with van der Waals surface area (Å²) in [5, 5.41) is 16.0. The second-order valence-electron chi connectivity index (χ2n) is 4.91. The Labute approximate surface area is 107 Å². The number of piperidine rings is 1. The number of carboxylic acids is 1. The molecule has 0 spiro atoms. The molecule has 2 unspecified atom stereocenters. The zero-order valence-corrected chi connectivity index (χ0v) is 10.7. The lowest BCUT2D eigenvalue weighted by Crippen LogP contribution is -2.43. The monoisotopic (exact) mass is 252 g/mol. The van der Waals surface area contributed by atoms with Crippen molar-refractivity contribution in [3.63, 3.8) is 0 Å². The van der Waals surface area contributed by atoms with E-state index >= 15 is 0 Å². The first-order valence-corrected chi connectivity index (χ1v) is 6.59. The van der Waals surface area contributed by atoms with Crippen molar-refractivity contribution < 1.29 is 14.4 Å². The number of carbonyl (C=O) groups is 1. The van der Waals surface area contributed by atoms with Crippen molar-refractivity contribution in [2.75, 3.05) is 6.54 Å². The molecule has 18 heavy (non-hydrogen) atoms. The number of aryl methyl sites for hydroxylation is 2. The Kier molecular flexibility index (Phi) is 4.36. The normalized spacial score (nSPS) is 24.1. The van der Waals surface area contributed by atoms with Crippen LogP contribution in [0.3, 0.4) is 0 Å². The van der Waals surface area contributed by atoms with Gasteiger partial charge in [0.05, 0.1) is 5.69 Å². The number of hydrogen-bond donors (Lipinski definition) is 2. The van der Waals surface area contributed by atoms with E-state index < -0.39 is 5.97 Å². The molecule has 5 heteroatoms. The van der Waals surface area contributed by atoms with Gasteiger partial charge in [-0.3, -0.25) is 4.79 Å². The first kappa shape index (κ1) is 13.1. The topological polar surface area (TPSA) is 75.4 Å². The molecule has 2 atom stereocenters. The van der Waals surface area contributed by atoms with Gasteiger partial charge < -0.3 is 14.9 Å². The largest absolute Gasteiger partial charge is 0.480 e. The van der Waals surface area contributed by atoms with E-state index in [4.69, 9.17) is 9.63 Å². The summed E-state index contributed by atoms with van der Waals surface area (Å²) in [6.07, 6.45) is 4.49. The standard InChI is InChI=1S/C13H20N2O3/c1-2-11-8-10(15-18-11)4-3-9-5-6-14-12(7-9)13(16)17/h8-9,12,14H,2-7H2,1H3,(H,16,17). The van der Waals surface area contributed by atoms with Gasteiger partial charge in [0.25, 0.3) is 0 Å². The first-order chi connectivity index (χ1) is 8.69. The highest BCUT2D eigenvalue weighted by atomic mass is 16.5. The molecule has 0 aromatic carbocycles. The Morgan fingerprint density at radius 2 is 2.50 bits per heavy atom. The van der Waals surface area contributed by atoms with Crippen LogP contribution in [-0.2, 0) is 17.6 Å². The van der Waals surface area contributed by atoms with Gasteiger partial charge in [-0.25, -0.2) is 0 Å². The SMILES string of the molecule is CCc1cc(CCC2CCNC(C(=O)O)C2)no1. The molecule has 0 aliphatic carbocycles. The van der Waals surface area contributed by atoms with Gasteiger partial charge in [0.15, 0.2) is 0 Å². The number of nitrogens with zero attached hydrogens (tertiary/aromatic N) is 1. The van der Waals surface area contributed by atoms with Crippen LogP contribution in [0.2, 0.25) is 0 Å². The van der Waals surface area contributed by atoms with Gasteiger partial charge >= 0.3 is 5.97 Å². The van der Waals surface area contributed by atoms with E-state index in [2.05, 4.69) is 10.5 Å². The predicted octanol–water partition coefficient (Wildman–Crippen LogP) is 1.62. The number of rotatable bonds is 5.